The number of halogens is 1. The lowest BCUT2D eigenvalue weighted by atomic mass is 10.1. The average Bonchev–Trinajstić information content (AvgIpc) is 2.91. The van der Waals surface area contributed by atoms with Crippen molar-refractivity contribution in [3.63, 3.8) is 0 Å². The standard InChI is InChI=1S/C18H20BrN3S/c1-3-16-21-17(15-10-12(2)23-18(15)22-16)20-9-5-7-13-6-4-8-14(19)11-13/h4,6,8,10-11H,3,5,7,9H2,1-2H3,(H,20,21,22). The van der Waals surface area contributed by atoms with Gasteiger partial charge in [0.25, 0.3) is 0 Å². The molecule has 3 nitrogen and oxygen atoms in total. The summed E-state index contributed by atoms with van der Waals surface area (Å²) in [6.45, 7) is 5.13. The first-order chi connectivity index (χ1) is 11.2. The Hall–Kier alpha value is -1.46. The summed E-state index contributed by atoms with van der Waals surface area (Å²) in [6, 6.07) is 10.7. The lowest BCUT2D eigenvalue weighted by Crippen LogP contribution is -2.07. The van der Waals surface area contributed by atoms with Gasteiger partial charge in [-0.3, -0.25) is 0 Å². The zero-order chi connectivity index (χ0) is 16.2. The monoisotopic (exact) mass is 389 g/mol. The Kier molecular flexibility index (Phi) is 5.28. The first-order valence-electron chi connectivity index (χ1n) is 7.91. The molecular weight excluding hydrogens is 370 g/mol. The number of rotatable bonds is 6. The second kappa shape index (κ2) is 7.41. The van der Waals surface area contributed by atoms with E-state index in [9.17, 15) is 0 Å². The summed E-state index contributed by atoms with van der Waals surface area (Å²) < 4.78 is 1.14. The van der Waals surface area contributed by atoms with Crippen LogP contribution in [0.15, 0.2) is 34.8 Å². The third-order valence-electron chi connectivity index (χ3n) is 3.70. The molecule has 0 saturated carbocycles. The van der Waals surface area contributed by atoms with Gasteiger partial charge >= 0.3 is 0 Å². The van der Waals surface area contributed by atoms with Crippen LogP contribution in [0.3, 0.4) is 0 Å². The average molecular weight is 390 g/mol. The molecule has 1 aromatic carbocycles. The van der Waals surface area contributed by atoms with Crippen molar-refractivity contribution in [3.8, 4) is 0 Å². The van der Waals surface area contributed by atoms with Crippen molar-refractivity contribution < 1.29 is 0 Å². The summed E-state index contributed by atoms with van der Waals surface area (Å²) in [5.41, 5.74) is 1.36. The van der Waals surface area contributed by atoms with Gasteiger partial charge in [0.15, 0.2) is 0 Å². The van der Waals surface area contributed by atoms with Crippen LogP contribution >= 0.6 is 27.3 Å². The normalized spacial score (nSPS) is 11.1. The largest absolute Gasteiger partial charge is 0.369 e. The molecule has 3 aromatic rings. The lowest BCUT2D eigenvalue weighted by molar-refractivity contribution is 0.855. The van der Waals surface area contributed by atoms with Crippen LogP contribution < -0.4 is 5.32 Å². The van der Waals surface area contributed by atoms with E-state index < -0.39 is 0 Å². The number of fused-ring (bicyclic) bond motifs is 1. The van der Waals surface area contributed by atoms with Gasteiger partial charge in [-0.05, 0) is 43.5 Å². The molecule has 2 heterocycles. The maximum absolute atomic E-state index is 4.67. The number of aromatic nitrogens is 2. The molecule has 3 rings (SSSR count). The highest BCUT2D eigenvalue weighted by atomic mass is 79.9. The predicted octanol–water partition coefficient (Wildman–Crippen LogP) is 5.37. The summed E-state index contributed by atoms with van der Waals surface area (Å²) >= 11 is 5.26. The Balaban J connectivity index is 1.67. The number of hydrogen-bond acceptors (Lipinski definition) is 4. The summed E-state index contributed by atoms with van der Waals surface area (Å²) in [7, 11) is 0. The minimum Gasteiger partial charge on any atom is -0.369 e. The first-order valence-corrected chi connectivity index (χ1v) is 9.52. The van der Waals surface area contributed by atoms with Gasteiger partial charge in [0.05, 0.1) is 5.39 Å². The van der Waals surface area contributed by atoms with Crippen molar-refractivity contribution in [2.75, 3.05) is 11.9 Å². The molecule has 0 saturated heterocycles. The molecule has 0 aliphatic heterocycles. The second-order valence-corrected chi connectivity index (χ2v) is 7.73. The predicted molar refractivity (Wildman–Crippen MR) is 102 cm³/mol. The molecule has 0 amide bonds. The van der Waals surface area contributed by atoms with Gasteiger partial charge in [-0.15, -0.1) is 11.3 Å². The Morgan fingerprint density at radius 2 is 2.09 bits per heavy atom. The van der Waals surface area contributed by atoms with Gasteiger partial charge in [0, 0.05) is 22.3 Å². The SMILES string of the molecule is CCc1nc(NCCCc2cccc(Br)c2)c2cc(C)sc2n1. The van der Waals surface area contributed by atoms with E-state index in [2.05, 4.69) is 75.4 Å². The highest BCUT2D eigenvalue weighted by Crippen LogP contribution is 2.28. The highest BCUT2D eigenvalue weighted by Gasteiger charge is 2.09. The molecule has 0 fully saturated rings. The fraction of sp³-hybridized carbons (Fsp3) is 0.333. The Morgan fingerprint density at radius 1 is 1.22 bits per heavy atom. The third-order valence-corrected chi connectivity index (χ3v) is 5.14. The molecule has 2 aromatic heterocycles. The molecule has 0 aliphatic rings. The fourth-order valence-corrected chi connectivity index (χ4v) is 3.92. The number of thiophene rings is 1. The number of hydrogen-bond donors (Lipinski definition) is 1. The van der Waals surface area contributed by atoms with Crippen molar-refractivity contribution in [3.05, 3.63) is 51.1 Å². The molecule has 120 valence electrons. The van der Waals surface area contributed by atoms with Crippen LogP contribution in [0, 0.1) is 6.92 Å². The molecule has 1 N–H and O–H groups in total. The van der Waals surface area contributed by atoms with Crippen LogP contribution in [0.25, 0.3) is 10.2 Å². The fourth-order valence-electron chi connectivity index (χ4n) is 2.57. The van der Waals surface area contributed by atoms with Crippen molar-refractivity contribution in [1.29, 1.82) is 0 Å². The zero-order valence-corrected chi connectivity index (χ0v) is 15.8. The van der Waals surface area contributed by atoms with Crippen LogP contribution in [0.2, 0.25) is 0 Å². The van der Waals surface area contributed by atoms with Crippen LogP contribution in [0.5, 0.6) is 0 Å². The molecule has 23 heavy (non-hydrogen) atoms. The van der Waals surface area contributed by atoms with Gasteiger partial charge < -0.3 is 5.32 Å². The smallest absolute Gasteiger partial charge is 0.138 e. The molecule has 0 unspecified atom stereocenters. The van der Waals surface area contributed by atoms with Gasteiger partial charge in [0.1, 0.15) is 16.5 Å². The molecular formula is C18H20BrN3S. The minimum atomic E-state index is 0.861. The second-order valence-electron chi connectivity index (χ2n) is 5.58. The summed E-state index contributed by atoms with van der Waals surface area (Å²) in [5, 5.41) is 4.65. The van der Waals surface area contributed by atoms with Crippen LogP contribution in [0.1, 0.15) is 29.6 Å². The van der Waals surface area contributed by atoms with E-state index in [0.29, 0.717) is 0 Å². The zero-order valence-electron chi connectivity index (χ0n) is 13.4. The molecule has 0 atom stereocenters. The van der Waals surface area contributed by atoms with Crippen LogP contribution in [-0.4, -0.2) is 16.5 Å². The number of aryl methyl sites for hydroxylation is 3. The highest BCUT2D eigenvalue weighted by molar-refractivity contribution is 9.10. The summed E-state index contributed by atoms with van der Waals surface area (Å²) in [5.74, 6) is 1.89. The minimum absolute atomic E-state index is 0.861. The Morgan fingerprint density at radius 3 is 2.87 bits per heavy atom. The van der Waals surface area contributed by atoms with Gasteiger partial charge in [-0.1, -0.05) is 35.0 Å². The third kappa shape index (κ3) is 4.09. The Labute approximate surface area is 149 Å². The van der Waals surface area contributed by atoms with Crippen molar-refractivity contribution in [2.24, 2.45) is 0 Å². The topological polar surface area (TPSA) is 37.8 Å². The van der Waals surface area contributed by atoms with Crippen molar-refractivity contribution in [2.45, 2.75) is 33.1 Å². The summed E-state index contributed by atoms with van der Waals surface area (Å²) in [6.07, 6.45) is 3.00. The molecule has 0 spiro atoms. The van der Waals surface area contributed by atoms with E-state index in [1.807, 2.05) is 0 Å². The van der Waals surface area contributed by atoms with E-state index in [-0.39, 0.29) is 0 Å². The molecule has 0 bridgehead atoms. The van der Waals surface area contributed by atoms with Crippen LogP contribution in [0.4, 0.5) is 5.82 Å². The van der Waals surface area contributed by atoms with Crippen molar-refractivity contribution in [1.82, 2.24) is 9.97 Å². The number of nitrogens with zero attached hydrogens (tertiary/aromatic N) is 2. The van der Waals surface area contributed by atoms with Gasteiger partial charge in [-0.2, -0.15) is 0 Å². The quantitative estimate of drug-likeness (QED) is 0.575. The number of anilines is 1. The van der Waals surface area contributed by atoms with E-state index >= 15 is 0 Å². The lowest BCUT2D eigenvalue weighted by Gasteiger charge is -2.08. The van der Waals surface area contributed by atoms with E-state index in [1.54, 1.807) is 11.3 Å². The molecule has 0 aliphatic carbocycles. The van der Waals surface area contributed by atoms with Crippen LogP contribution in [-0.2, 0) is 12.8 Å². The number of nitrogens with one attached hydrogen (secondary N) is 1. The van der Waals surface area contributed by atoms with E-state index in [1.165, 1.54) is 10.4 Å². The van der Waals surface area contributed by atoms with E-state index in [4.69, 9.17) is 0 Å². The number of benzene rings is 1. The van der Waals surface area contributed by atoms with Gasteiger partial charge in [0.2, 0.25) is 0 Å². The maximum Gasteiger partial charge on any atom is 0.138 e. The maximum atomic E-state index is 4.67. The molecule has 0 radical (unpaired) electrons. The first kappa shape index (κ1) is 16.4. The van der Waals surface area contributed by atoms with Gasteiger partial charge in [-0.25, -0.2) is 9.97 Å². The van der Waals surface area contributed by atoms with Crippen molar-refractivity contribution >= 4 is 43.3 Å². The van der Waals surface area contributed by atoms with E-state index in [0.717, 1.165) is 52.1 Å². The summed E-state index contributed by atoms with van der Waals surface area (Å²) in [4.78, 5) is 11.7. The Bertz CT molecular complexity index is 813. The molecule has 5 heteroatoms.